The topological polar surface area (TPSA) is 55.1 Å². The molecule has 0 spiro atoms. The van der Waals surface area contributed by atoms with E-state index in [2.05, 4.69) is 35.6 Å². The number of thioether (sulfide) groups is 2. The zero-order valence-electron chi connectivity index (χ0n) is 14.4. The number of benzene rings is 1. The Balaban J connectivity index is 1.88. The maximum absolute atomic E-state index is 11.7. The third-order valence-corrected chi connectivity index (χ3v) is 5.24. The van der Waals surface area contributed by atoms with E-state index in [-0.39, 0.29) is 5.91 Å². The van der Waals surface area contributed by atoms with Gasteiger partial charge >= 0.3 is 0 Å². The highest BCUT2D eigenvalue weighted by molar-refractivity contribution is 7.99. The van der Waals surface area contributed by atoms with E-state index in [4.69, 9.17) is 4.42 Å². The predicted octanol–water partition coefficient (Wildman–Crippen LogP) is 4.52. The van der Waals surface area contributed by atoms with Gasteiger partial charge in [-0.3, -0.25) is 4.79 Å². The molecule has 1 aromatic carbocycles. The van der Waals surface area contributed by atoms with E-state index >= 15 is 0 Å². The molecule has 0 aliphatic carbocycles. The van der Waals surface area contributed by atoms with Crippen molar-refractivity contribution in [2.75, 3.05) is 18.6 Å². The van der Waals surface area contributed by atoms with Gasteiger partial charge in [-0.1, -0.05) is 13.3 Å². The number of nitrogens with zero attached hydrogens (tertiary/aromatic N) is 1. The summed E-state index contributed by atoms with van der Waals surface area (Å²) in [4.78, 5) is 17.5. The number of aryl methyl sites for hydroxylation is 1. The van der Waals surface area contributed by atoms with Gasteiger partial charge in [0.2, 0.25) is 11.8 Å². The number of amides is 1. The van der Waals surface area contributed by atoms with Crippen LogP contribution in [0.4, 0.5) is 0 Å². The predicted molar refractivity (Wildman–Crippen MR) is 103 cm³/mol. The molecule has 1 N–H and O–H groups in total. The lowest BCUT2D eigenvalue weighted by Gasteiger charge is -2.03. The summed E-state index contributed by atoms with van der Waals surface area (Å²) in [7, 11) is 0. The molecule has 130 valence electrons. The molecule has 0 fully saturated rings. The highest BCUT2D eigenvalue weighted by Gasteiger charge is 2.12. The van der Waals surface area contributed by atoms with Crippen molar-refractivity contribution >= 4 is 29.4 Å². The van der Waals surface area contributed by atoms with E-state index < -0.39 is 0 Å². The number of nitrogens with one attached hydrogen (secondary N) is 1. The van der Waals surface area contributed by atoms with E-state index in [9.17, 15) is 4.79 Å². The highest BCUT2D eigenvalue weighted by Crippen LogP contribution is 2.26. The molecule has 1 heterocycles. The van der Waals surface area contributed by atoms with Crippen LogP contribution in [0.3, 0.4) is 0 Å². The third kappa shape index (κ3) is 5.60. The van der Waals surface area contributed by atoms with Gasteiger partial charge in [0.1, 0.15) is 5.76 Å². The number of aromatic nitrogens is 1. The minimum atomic E-state index is 0.0856. The molecular formula is C18H24N2O2S2. The molecule has 0 saturated heterocycles. The molecule has 0 aliphatic heterocycles. The fourth-order valence-electron chi connectivity index (χ4n) is 2.12. The molecule has 4 nitrogen and oxygen atoms in total. The lowest BCUT2D eigenvalue weighted by Crippen LogP contribution is -2.26. The van der Waals surface area contributed by atoms with Crippen molar-refractivity contribution in [1.29, 1.82) is 0 Å². The molecular weight excluding hydrogens is 340 g/mol. The van der Waals surface area contributed by atoms with Crippen LogP contribution >= 0.6 is 23.5 Å². The van der Waals surface area contributed by atoms with Crippen LogP contribution < -0.4 is 5.32 Å². The van der Waals surface area contributed by atoms with Crippen LogP contribution in [-0.2, 0) is 10.5 Å². The second-order valence-corrected chi connectivity index (χ2v) is 7.31. The summed E-state index contributed by atoms with van der Waals surface area (Å²) in [5.41, 5.74) is 1.88. The van der Waals surface area contributed by atoms with Crippen LogP contribution in [0.25, 0.3) is 11.5 Å². The maximum atomic E-state index is 11.7. The average Bonchev–Trinajstić information content (AvgIpc) is 2.96. The molecule has 0 saturated carbocycles. The van der Waals surface area contributed by atoms with Gasteiger partial charge in [0.05, 0.1) is 11.4 Å². The average molecular weight is 365 g/mol. The summed E-state index contributed by atoms with van der Waals surface area (Å²) in [6.07, 6.45) is 4.17. The van der Waals surface area contributed by atoms with Gasteiger partial charge in [-0.2, -0.15) is 0 Å². The van der Waals surface area contributed by atoms with Crippen molar-refractivity contribution in [3.05, 3.63) is 35.7 Å². The molecule has 1 amide bonds. The summed E-state index contributed by atoms with van der Waals surface area (Å²) < 4.78 is 5.78. The first kappa shape index (κ1) is 18.9. The first-order chi connectivity index (χ1) is 11.6. The van der Waals surface area contributed by atoms with Crippen LogP contribution in [0.15, 0.2) is 33.6 Å². The molecule has 6 heteroatoms. The lowest BCUT2D eigenvalue weighted by atomic mass is 10.2. The minimum absolute atomic E-state index is 0.0856. The number of carbonyl (C=O) groups is 1. The van der Waals surface area contributed by atoms with Gasteiger partial charge in [-0.05, 0) is 43.9 Å². The van der Waals surface area contributed by atoms with Gasteiger partial charge in [0, 0.05) is 22.8 Å². The third-order valence-electron chi connectivity index (χ3n) is 3.55. The highest BCUT2D eigenvalue weighted by atomic mass is 32.2. The Morgan fingerprint density at radius 1 is 1.29 bits per heavy atom. The van der Waals surface area contributed by atoms with Gasteiger partial charge in [-0.25, -0.2) is 4.98 Å². The quantitative estimate of drug-likeness (QED) is 0.524. The van der Waals surface area contributed by atoms with Crippen molar-refractivity contribution in [1.82, 2.24) is 10.3 Å². The van der Waals surface area contributed by atoms with Crippen LogP contribution in [0, 0.1) is 6.92 Å². The minimum Gasteiger partial charge on any atom is -0.441 e. The molecule has 24 heavy (non-hydrogen) atoms. The van der Waals surface area contributed by atoms with E-state index in [1.165, 1.54) is 4.90 Å². The fraction of sp³-hybridized carbons (Fsp3) is 0.444. The standard InChI is InChI=1S/C18H24N2O2S2/c1-4-5-10-19-17(21)12-24-11-16-13(2)22-18(20-16)14-6-8-15(23-3)9-7-14/h6-9H,4-5,10-12H2,1-3H3,(H,19,21). The van der Waals surface area contributed by atoms with E-state index in [0.717, 1.165) is 36.4 Å². The first-order valence-electron chi connectivity index (χ1n) is 8.09. The van der Waals surface area contributed by atoms with Crippen LogP contribution in [-0.4, -0.2) is 29.4 Å². The SMILES string of the molecule is CCCCNC(=O)CSCc1nc(-c2ccc(SC)cc2)oc1C. The first-order valence-corrected chi connectivity index (χ1v) is 10.5. The van der Waals surface area contributed by atoms with Gasteiger partial charge < -0.3 is 9.73 Å². The van der Waals surface area contributed by atoms with Crippen molar-refractivity contribution in [2.45, 2.75) is 37.3 Å². The van der Waals surface area contributed by atoms with Crippen molar-refractivity contribution in [3.63, 3.8) is 0 Å². The molecule has 2 aromatic rings. The summed E-state index contributed by atoms with van der Waals surface area (Å²) in [5, 5.41) is 2.92. The fourth-order valence-corrected chi connectivity index (χ4v) is 3.37. The van der Waals surface area contributed by atoms with Crippen LogP contribution in [0.2, 0.25) is 0 Å². The van der Waals surface area contributed by atoms with Crippen molar-refractivity contribution in [3.8, 4) is 11.5 Å². The molecule has 0 radical (unpaired) electrons. The zero-order chi connectivity index (χ0) is 17.4. The van der Waals surface area contributed by atoms with Crippen LogP contribution in [0.5, 0.6) is 0 Å². The Hall–Kier alpha value is -1.40. The monoisotopic (exact) mass is 364 g/mol. The lowest BCUT2D eigenvalue weighted by molar-refractivity contribution is -0.118. The number of hydrogen-bond acceptors (Lipinski definition) is 5. The van der Waals surface area contributed by atoms with E-state index in [1.54, 1.807) is 23.5 Å². The number of oxazole rings is 1. The van der Waals surface area contributed by atoms with Crippen LogP contribution in [0.1, 0.15) is 31.2 Å². The van der Waals surface area contributed by atoms with Gasteiger partial charge in [0.15, 0.2) is 0 Å². The van der Waals surface area contributed by atoms with Crippen molar-refractivity contribution in [2.24, 2.45) is 0 Å². The second-order valence-electron chi connectivity index (χ2n) is 5.45. The Labute approximate surface area is 152 Å². The molecule has 0 bridgehead atoms. The van der Waals surface area contributed by atoms with E-state index in [0.29, 0.717) is 17.4 Å². The Bertz CT molecular complexity index is 654. The smallest absolute Gasteiger partial charge is 0.230 e. The van der Waals surface area contributed by atoms with Gasteiger partial charge in [-0.15, -0.1) is 23.5 Å². The largest absolute Gasteiger partial charge is 0.441 e. The number of rotatable bonds is 9. The van der Waals surface area contributed by atoms with E-state index in [1.807, 2.05) is 19.1 Å². The number of hydrogen-bond donors (Lipinski definition) is 1. The summed E-state index contributed by atoms with van der Waals surface area (Å²) >= 11 is 3.27. The Morgan fingerprint density at radius 3 is 2.71 bits per heavy atom. The van der Waals surface area contributed by atoms with Gasteiger partial charge in [0.25, 0.3) is 0 Å². The Kier molecular flexibility index (Phi) is 7.72. The molecule has 0 atom stereocenters. The maximum Gasteiger partial charge on any atom is 0.230 e. The summed E-state index contributed by atoms with van der Waals surface area (Å²) in [6.45, 7) is 4.79. The summed E-state index contributed by atoms with van der Waals surface area (Å²) in [6, 6.07) is 8.17. The Morgan fingerprint density at radius 2 is 2.04 bits per heavy atom. The number of unbranched alkanes of at least 4 members (excludes halogenated alkanes) is 1. The summed E-state index contributed by atoms with van der Waals surface area (Å²) in [5.74, 6) is 2.68. The second kappa shape index (κ2) is 9.79. The molecule has 0 unspecified atom stereocenters. The van der Waals surface area contributed by atoms with Crippen molar-refractivity contribution < 1.29 is 9.21 Å². The number of carbonyl (C=O) groups excluding carboxylic acids is 1. The molecule has 0 aliphatic rings. The molecule has 1 aromatic heterocycles. The zero-order valence-corrected chi connectivity index (χ0v) is 16.1. The normalized spacial score (nSPS) is 10.8. The molecule has 2 rings (SSSR count).